The second-order valence-corrected chi connectivity index (χ2v) is 12.1. The van der Waals surface area contributed by atoms with E-state index in [2.05, 4.69) is 0 Å². The van der Waals surface area contributed by atoms with E-state index in [1.54, 1.807) is 79.2 Å². The average molecular weight is 667 g/mol. The number of likely N-dealkylation sites (N-methyl/N-ethyl adjacent to an activating group) is 1. The second-order valence-electron chi connectivity index (χ2n) is 10.3. The third-order valence-electron chi connectivity index (χ3n) is 7.58. The van der Waals surface area contributed by atoms with Crippen LogP contribution in [0.1, 0.15) is 43.5 Å². The molecule has 0 aliphatic carbocycles. The maximum Gasteiger partial charge on any atom is 0.271 e. The fraction of sp³-hybridized carbons (Fsp3) is 0.265. The number of fused-ring (bicyclic) bond motifs is 1. The Morgan fingerprint density at radius 3 is 2.42 bits per heavy atom. The van der Waals surface area contributed by atoms with E-state index >= 15 is 0 Å². The van der Waals surface area contributed by atoms with Gasteiger partial charge in [0.05, 0.1) is 30.0 Å². The number of hydrogen-bond donors (Lipinski definition) is 0. The van der Waals surface area contributed by atoms with Gasteiger partial charge >= 0.3 is 0 Å². The van der Waals surface area contributed by atoms with Crippen LogP contribution in [0.2, 0.25) is 10.0 Å². The lowest BCUT2D eigenvalue weighted by atomic mass is 9.93. The smallest absolute Gasteiger partial charge is 0.271 e. The molecule has 5 rings (SSSR count). The van der Waals surface area contributed by atoms with Crippen molar-refractivity contribution in [2.45, 2.75) is 33.4 Å². The summed E-state index contributed by atoms with van der Waals surface area (Å²) in [6.45, 7) is 6.92. The van der Waals surface area contributed by atoms with E-state index in [-0.39, 0.29) is 18.1 Å². The minimum Gasteiger partial charge on any atom is -0.497 e. The Labute approximate surface area is 275 Å². The van der Waals surface area contributed by atoms with Gasteiger partial charge in [-0.15, -0.1) is 0 Å². The lowest BCUT2D eigenvalue weighted by molar-refractivity contribution is -0.127. The first kappa shape index (κ1) is 32.3. The monoisotopic (exact) mass is 665 g/mol. The molecule has 0 unspecified atom stereocenters. The Balaban J connectivity index is 1.69. The van der Waals surface area contributed by atoms with E-state index in [1.165, 1.54) is 11.3 Å². The van der Waals surface area contributed by atoms with Crippen LogP contribution in [0.3, 0.4) is 0 Å². The zero-order valence-electron chi connectivity index (χ0n) is 25.6. The molecule has 0 radical (unpaired) electrons. The van der Waals surface area contributed by atoms with E-state index in [9.17, 15) is 9.59 Å². The molecule has 1 amide bonds. The maximum atomic E-state index is 14.3. The highest BCUT2D eigenvalue weighted by molar-refractivity contribution is 7.07. The van der Waals surface area contributed by atoms with Crippen molar-refractivity contribution in [2.75, 3.05) is 27.3 Å². The van der Waals surface area contributed by atoms with Crippen molar-refractivity contribution in [1.82, 2.24) is 9.47 Å². The van der Waals surface area contributed by atoms with E-state index in [0.717, 1.165) is 5.56 Å². The summed E-state index contributed by atoms with van der Waals surface area (Å²) in [5.74, 6) is 1.43. The molecule has 11 heteroatoms. The summed E-state index contributed by atoms with van der Waals surface area (Å²) in [6.07, 6.45) is 1.74. The third-order valence-corrected chi connectivity index (χ3v) is 9.03. The number of hydrogen-bond acceptors (Lipinski definition) is 7. The number of aromatic nitrogens is 1. The number of carbonyl (C=O) groups excluding carboxylic acids is 1. The molecular formula is C34H33Cl2N3O5S. The molecule has 0 fully saturated rings. The number of ether oxygens (including phenoxy) is 3. The molecule has 1 aliphatic heterocycles. The van der Waals surface area contributed by atoms with Crippen molar-refractivity contribution in [3.63, 3.8) is 0 Å². The number of carbonyl (C=O) groups is 1. The van der Waals surface area contributed by atoms with E-state index in [1.807, 2.05) is 32.0 Å². The third kappa shape index (κ3) is 6.66. The molecule has 0 bridgehead atoms. The van der Waals surface area contributed by atoms with Crippen molar-refractivity contribution in [1.29, 1.82) is 0 Å². The topological polar surface area (TPSA) is 82.4 Å². The predicted octanol–water partition coefficient (Wildman–Crippen LogP) is 6.01. The van der Waals surface area contributed by atoms with Gasteiger partial charge in [-0.05, 0) is 80.9 Å². The van der Waals surface area contributed by atoms with E-state index in [4.69, 9.17) is 42.4 Å². The minimum atomic E-state index is -0.806. The van der Waals surface area contributed by atoms with Crippen LogP contribution >= 0.6 is 34.5 Å². The molecule has 2 heterocycles. The van der Waals surface area contributed by atoms with Gasteiger partial charge in [-0.1, -0.05) is 46.7 Å². The standard InChI is InChI=1S/C34H33Cl2N3O5S/c1-6-38(7-2)33(41)30-20(3)37-34-39(31(30)26-18-25(42-4)12-14-28(26)43-5)32(40)29(45-34)17-22-16-24(36)11-13-27(22)44-19-21-9-8-10-23(35)15-21/h8-18,31H,6-7,19H2,1-5H3/b29-17+/t31-/m1/s1. The largest absolute Gasteiger partial charge is 0.497 e. The summed E-state index contributed by atoms with van der Waals surface area (Å²) in [4.78, 5) is 35.3. The quantitative estimate of drug-likeness (QED) is 0.207. The van der Waals surface area contributed by atoms with Gasteiger partial charge in [-0.25, -0.2) is 4.99 Å². The summed E-state index contributed by atoms with van der Waals surface area (Å²) < 4.78 is 19.4. The van der Waals surface area contributed by atoms with Crippen LogP contribution in [0.4, 0.5) is 0 Å². The molecule has 0 saturated carbocycles. The van der Waals surface area contributed by atoms with Crippen LogP contribution in [0.5, 0.6) is 17.2 Å². The highest BCUT2D eigenvalue weighted by Gasteiger charge is 2.36. The average Bonchev–Trinajstić information content (AvgIpc) is 3.33. The molecule has 1 atom stereocenters. The fourth-order valence-electron chi connectivity index (χ4n) is 5.32. The number of rotatable bonds is 10. The van der Waals surface area contributed by atoms with Gasteiger partial charge in [0.15, 0.2) is 4.80 Å². The Kier molecular flexibility index (Phi) is 10.0. The Morgan fingerprint density at radius 2 is 1.73 bits per heavy atom. The molecule has 234 valence electrons. The van der Waals surface area contributed by atoms with Crippen LogP contribution in [0, 0.1) is 0 Å². The SMILES string of the molecule is CCN(CC)C(=O)C1=C(C)N=c2s/c(=C/c3cc(Cl)ccc3OCc3cccc(Cl)c3)c(=O)n2[C@@H]1c1cc(OC)ccc1OC. The molecule has 4 aromatic rings. The lowest BCUT2D eigenvalue weighted by Crippen LogP contribution is -2.43. The van der Waals surface area contributed by atoms with E-state index < -0.39 is 6.04 Å². The molecule has 1 aromatic heterocycles. The number of benzene rings is 3. The van der Waals surface area contributed by atoms with Crippen molar-refractivity contribution in [3.8, 4) is 17.2 Å². The van der Waals surface area contributed by atoms with Crippen molar-refractivity contribution < 1.29 is 19.0 Å². The van der Waals surface area contributed by atoms with Gasteiger partial charge in [0, 0.05) is 34.3 Å². The van der Waals surface area contributed by atoms with Gasteiger partial charge in [0.2, 0.25) is 0 Å². The molecule has 45 heavy (non-hydrogen) atoms. The zero-order chi connectivity index (χ0) is 32.2. The molecule has 1 aliphatic rings. The zero-order valence-corrected chi connectivity index (χ0v) is 27.9. The minimum absolute atomic E-state index is 0.197. The number of allylic oxidation sites excluding steroid dienone is 1. The van der Waals surface area contributed by atoms with Crippen LogP contribution in [-0.2, 0) is 11.4 Å². The van der Waals surface area contributed by atoms with E-state index in [0.29, 0.717) is 72.1 Å². The van der Waals surface area contributed by atoms with Crippen LogP contribution < -0.4 is 29.1 Å². The summed E-state index contributed by atoms with van der Waals surface area (Å²) in [6, 6.07) is 17.2. The highest BCUT2D eigenvalue weighted by Crippen LogP contribution is 2.38. The van der Waals surface area contributed by atoms with Crippen LogP contribution in [0.25, 0.3) is 6.08 Å². The van der Waals surface area contributed by atoms with Crippen molar-refractivity contribution in [3.05, 3.63) is 118 Å². The number of amides is 1. The summed E-state index contributed by atoms with van der Waals surface area (Å²) in [5, 5.41) is 1.11. The molecular weight excluding hydrogens is 633 g/mol. The van der Waals surface area contributed by atoms with Crippen molar-refractivity contribution >= 4 is 46.5 Å². The normalized spacial score (nSPS) is 14.6. The maximum absolute atomic E-state index is 14.3. The van der Waals surface area contributed by atoms with Crippen molar-refractivity contribution in [2.24, 2.45) is 4.99 Å². The molecule has 0 N–H and O–H groups in total. The summed E-state index contributed by atoms with van der Waals surface area (Å²) in [7, 11) is 3.12. The number of thiazole rings is 1. The highest BCUT2D eigenvalue weighted by atomic mass is 35.5. The predicted molar refractivity (Wildman–Crippen MR) is 178 cm³/mol. The van der Waals surface area contributed by atoms with Crippen LogP contribution in [-0.4, -0.2) is 42.7 Å². The fourth-order valence-corrected chi connectivity index (χ4v) is 6.75. The van der Waals surface area contributed by atoms with Gasteiger partial charge in [-0.2, -0.15) is 0 Å². The molecule has 0 saturated heterocycles. The number of halogens is 2. The molecule has 3 aromatic carbocycles. The molecule has 8 nitrogen and oxygen atoms in total. The Morgan fingerprint density at radius 1 is 1.00 bits per heavy atom. The Bertz CT molecular complexity index is 1960. The second kappa shape index (κ2) is 13.9. The first-order chi connectivity index (χ1) is 21.7. The van der Waals surface area contributed by atoms with Gasteiger partial charge in [0.25, 0.3) is 11.5 Å². The first-order valence-electron chi connectivity index (χ1n) is 14.4. The first-order valence-corrected chi connectivity index (χ1v) is 16.0. The van der Waals surface area contributed by atoms with Gasteiger partial charge in [0.1, 0.15) is 29.9 Å². The lowest BCUT2D eigenvalue weighted by Gasteiger charge is -2.30. The number of nitrogens with zero attached hydrogens (tertiary/aromatic N) is 3. The summed E-state index contributed by atoms with van der Waals surface area (Å²) in [5.41, 5.74) is 2.76. The molecule has 0 spiro atoms. The van der Waals surface area contributed by atoms with Crippen LogP contribution in [0.15, 0.2) is 81.7 Å². The van der Waals surface area contributed by atoms with Gasteiger partial charge in [-0.3, -0.25) is 14.2 Å². The van der Waals surface area contributed by atoms with Gasteiger partial charge < -0.3 is 19.1 Å². The number of methoxy groups -OCH3 is 2. The summed E-state index contributed by atoms with van der Waals surface area (Å²) >= 11 is 13.8. The Hall–Kier alpha value is -4.05.